The van der Waals surface area contributed by atoms with E-state index in [-0.39, 0.29) is 5.91 Å². The largest absolute Gasteiger partial charge is 0.399 e. The molecule has 168 valence electrons. The highest BCUT2D eigenvalue weighted by Crippen LogP contribution is 2.26. The molecule has 0 saturated heterocycles. The van der Waals surface area contributed by atoms with Crippen LogP contribution in [0.3, 0.4) is 0 Å². The zero-order valence-corrected chi connectivity index (χ0v) is 18.8. The zero-order chi connectivity index (χ0) is 24.0. The number of anilines is 5. The Hall–Kier alpha value is -4.45. The fourth-order valence-corrected chi connectivity index (χ4v) is 3.16. The summed E-state index contributed by atoms with van der Waals surface area (Å²) in [5.41, 5.74) is 31.4. The third kappa shape index (κ3) is 6.27. The fourth-order valence-electron chi connectivity index (χ4n) is 3.16. The summed E-state index contributed by atoms with van der Waals surface area (Å²) in [7, 11) is 0. The quantitative estimate of drug-likeness (QED) is 0.278. The van der Waals surface area contributed by atoms with Gasteiger partial charge in [0.05, 0.1) is 0 Å². The number of rotatable bonds is 3. The highest BCUT2D eigenvalue weighted by molar-refractivity contribution is 6.04. The van der Waals surface area contributed by atoms with Gasteiger partial charge in [-0.05, 0) is 103 Å². The number of amides is 1. The number of benzene rings is 4. The molecular weight excluding hydrogens is 410 g/mol. The molecule has 6 nitrogen and oxygen atoms in total. The first-order valence-corrected chi connectivity index (χ1v) is 10.5. The van der Waals surface area contributed by atoms with Crippen LogP contribution in [0.2, 0.25) is 0 Å². The number of hydrogen-bond donors (Lipinski definition) is 5. The molecular formula is C27H29N5O. The van der Waals surface area contributed by atoms with E-state index in [0.29, 0.717) is 22.6 Å². The Labute approximate surface area is 194 Å². The normalized spacial score (nSPS) is 10.1. The Morgan fingerprint density at radius 3 is 1.67 bits per heavy atom. The molecule has 0 heterocycles. The van der Waals surface area contributed by atoms with Crippen molar-refractivity contribution >= 4 is 34.3 Å². The van der Waals surface area contributed by atoms with Gasteiger partial charge in [-0.15, -0.1) is 0 Å². The van der Waals surface area contributed by atoms with E-state index in [4.69, 9.17) is 22.9 Å². The summed E-state index contributed by atoms with van der Waals surface area (Å²) in [6.45, 7) is 4.03. The van der Waals surface area contributed by atoms with Crippen molar-refractivity contribution in [2.24, 2.45) is 0 Å². The van der Waals surface area contributed by atoms with Crippen LogP contribution in [0.4, 0.5) is 28.4 Å². The van der Waals surface area contributed by atoms with Crippen LogP contribution in [0.25, 0.3) is 11.1 Å². The molecule has 0 aliphatic heterocycles. The zero-order valence-electron chi connectivity index (χ0n) is 18.8. The second-order valence-corrected chi connectivity index (χ2v) is 7.84. The molecule has 0 fully saturated rings. The van der Waals surface area contributed by atoms with Crippen LogP contribution in [0.5, 0.6) is 0 Å². The van der Waals surface area contributed by atoms with Gasteiger partial charge in [0.15, 0.2) is 0 Å². The van der Waals surface area contributed by atoms with Crippen molar-refractivity contribution in [2.75, 3.05) is 28.3 Å². The molecule has 0 aromatic heterocycles. The summed E-state index contributed by atoms with van der Waals surface area (Å²) in [5.74, 6) is -0.193. The third-order valence-electron chi connectivity index (χ3n) is 5.19. The number of nitrogens with one attached hydrogen (secondary N) is 1. The Bertz CT molecular complexity index is 1220. The van der Waals surface area contributed by atoms with E-state index in [1.54, 1.807) is 48.5 Å². The maximum absolute atomic E-state index is 11.9. The molecule has 0 saturated carbocycles. The maximum atomic E-state index is 11.9. The average Bonchev–Trinajstić information content (AvgIpc) is 2.79. The lowest BCUT2D eigenvalue weighted by molar-refractivity contribution is 0.102. The molecule has 1 amide bonds. The molecule has 33 heavy (non-hydrogen) atoms. The topological polar surface area (TPSA) is 133 Å². The highest BCUT2D eigenvalue weighted by atomic mass is 16.1. The van der Waals surface area contributed by atoms with Gasteiger partial charge in [0.1, 0.15) is 0 Å². The van der Waals surface area contributed by atoms with Crippen molar-refractivity contribution in [2.45, 2.75) is 13.8 Å². The minimum absolute atomic E-state index is 0.193. The minimum atomic E-state index is -0.193. The van der Waals surface area contributed by atoms with Gasteiger partial charge < -0.3 is 28.3 Å². The fraction of sp³-hybridized carbons (Fsp3) is 0.0741. The van der Waals surface area contributed by atoms with E-state index >= 15 is 0 Å². The minimum Gasteiger partial charge on any atom is -0.399 e. The molecule has 6 heteroatoms. The van der Waals surface area contributed by atoms with Gasteiger partial charge >= 0.3 is 0 Å². The predicted octanol–water partition coefficient (Wildman–Crippen LogP) is 5.24. The molecule has 4 rings (SSSR count). The van der Waals surface area contributed by atoms with Crippen molar-refractivity contribution < 1.29 is 4.79 Å². The van der Waals surface area contributed by atoms with Crippen molar-refractivity contribution in [1.29, 1.82) is 0 Å². The molecule has 0 bridgehead atoms. The Morgan fingerprint density at radius 2 is 1.18 bits per heavy atom. The summed E-state index contributed by atoms with van der Waals surface area (Å²) >= 11 is 0. The lowest BCUT2D eigenvalue weighted by Crippen LogP contribution is -2.12. The molecule has 0 aliphatic carbocycles. The SMILES string of the molecule is Cc1cc(-c2ccc(N)c(C)c2)ccc1N.Nc1ccc(NC(=O)c2cccc(N)c2)cc1. The molecule has 0 unspecified atom stereocenters. The molecule has 9 N–H and O–H groups in total. The van der Waals surface area contributed by atoms with Crippen LogP contribution in [-0.2, 0) is 0 Å². The lowest BCUT2D eigenvalue weighted by atomic mass is 10.0. The van der Waals surface area contributed by atoms with Crippen molar-refractivity contribution in [3.05, 3.63) is 102 Å². The Balaban J connectivity index is 0.000000186. The molecule has 4 aromatic rings. The first-order chi connectivity index (χ1) is 15.7. The van der Waals surface area contributed by atoms with Crippen molar-refractivity contribution in [3.63, 3.8) is 0 Å². The summed E-state index contributed by atoms with van der Waals surface area (Å²) in [5, 5.41) is 2.76. The van der Waals surface area contributed by atoms with Crippen LogP contribution < -0.4 is 28.3 Å². The maximum Gasteiger partial charge on any atom is 0.255 e. The standard InChI is InChI=1S/C14H16N2.C13H13N3O/c1-9-7-11(3-5-13(9)15)12-4-6-14(16)10(2)8-12;14-10-4-6-12(7-5-10)16-13(17)9-2-1-3-11(15)8-9/h3-8H,15-16H2,1-2H3;1-8H,14-15H2,(H,16,17). The molecule has 0 radical (unpaired) electrons. The van der Waals surface area contributed by atoms with Gasteiger partial charge in [-0.2, -0.15) is 0 Å². The van der Waals surface area contributed by atoms with Gasteiger partial charge in [-0.3, -0.25) is 4.79 Å². The molecule has 4 aromatic carbocycles. The second kappa shape index (κ2) is 10.2. The number of hydrogen-bond acceptors (Lipinski definition) is 5. The van der Waals surface area contributed by atoms with Crippen LogP contribution in [0.15, 0.2) is 84.9 Å². The van der Waals surface area contributed by atoms with E-state index in [0.717, 1.165) is 22.5 Å². The second-order valence-electron chi connectivity index (χ2n) is 7.84. The lowest BCUT2D eigenvalue weighted by Gasteiger charge is -2.07. The number of carbonyl (C=O) groups is 1. The molecule has 0 aliphatic rings. The number of aryl methyl sites for hydroxylation is 2. The van der Waals surface area contributed by atoms with Crippen LogP contribution in [0.1, 0.15) is 21.5 Å². The monoisotopic (exact) mass is 439 g/mol. The smallest absolute Gasteiger partial charge is 0.255 e. The number of nitrogens with two attached hydrogens (primary N) is 4. The third-order valence-corrected chi connectivity index (χ3v) is 5.19. The van der Waals surface area contributed by atoms with Gasteiger partial charge in [0, 0.05) is 34.0 Å². The highest BCUT2D eigenvalue weighted by Gasteiger charge is 2.06. The van der Waals surface area contributed by atoms with Crippen LogP contribution in [0, 0.1) is 13.8 Å². The Kier molecular flexibility index (Phi) is 7.20. The van der Waals surface area contributed by atoms with E-state index in [9.17, 15) is 4.79 Å². The predicted molar refractivity (Wildman–Crippen MR) is 140 cm³/mol. The van der Waals surface area contributed by atoms with Gasteiger partial charge in [-0.25, -0.2) is 0 Å². The average molecular weight is 440 g/mol. The first-order valence-electron chi connectivity index (χ1n) is 10.5. The van der Waals surface area contributed by atoms with Gasteiger partial charge in [0.25, 0.3) is 5.91 Å². The van der Waals surface area contributed by atoms with Gasteiger partial charge in [0.2, 0.25) is 0 Å². The van der Waals surface area contributed by atoms with Crippen LogP contribution >= 0.6 is 0 Å². The van der Waals surface area contributed by atoms with E-state index in [1.807, 2.05) is 38.1 Å². The summed E-state index contributed by atoms with van der Waals surface area (Å²) in [6, 6.07) is 25.9. The number of nitrogen functional groups attached to an aromatic ring is 4. The first kappa shape index (κ1) is 23.2. The van der Waals surface area contributed by atoms with E-state index in [1.165, 1.54) is 11.1 Å². The Morgan fingerprint density at radius 1 is 0.636 bits per heavy atom. The van der Waals surface area contributed by atoms with Crippen molar-refractivity contribution in [1.82, 2.24) is 0 Å². The number of carbonyl (C=O) groups excluding carboxylic acids is 1. The van der Waals surface area contributed by atoms with E-state index < -0.39 is 0 Å². The van der Waals surface area contributed by atoms with E-state index in [2.05, 4.69) is 17.4 Å². The van der Waals surface area contributed by atoms with Crippen molar-refractivity contribution in [3.8, 4) is 11.1 Å². The van der Waals surface area contributed by atoms with Crippen LogP contribution in [-0.4, -0.2) is 5.91 Å². The molecule has 0 spiro atoms. The van der Waals surface area contributed by atoms with Gasteiger partial charge in [-0.1, -0.05) is 18.2 Å². The summed E-state index contributed by atoms with van der Waals surface area (Å²) in [6.07, 6.45) is 0. The summed E-state index contributed by atoms with van der Waals surface area (Å²) < 4.78 is 0. The molecule has 0 atom stereocenters. The summed E-state index contributed by atoms with van der Waals surface area (Å²) in [4.78, 5) is 11.9.